The monoisotopic (exact) mass is 310 g/mol. The number of nitrogen functional groups attached to an aromatic ring is 1. The molecule has 104 valence electrons. The van der Waals surface area contributed by atoms with Gasteiger partial charge in [-0.1, -0.05) is 29.3 Å². The second-order valence-electron chi connectivity index (χ2n) is 4.08. The maximum Gasteiger partial charge on any atom is 0.257 e. The number of carbonyl (C=O) groups is 1. The molecule has 1 aromatic heterocycles. The van der Waals surface area contributed by atoms with E-state index in [2.05, 4.69) is 15.7 Å². The van der Waals surface area contributed by atoms with Crippen LogP contribution in [0.4, 0.5) is 11.5 Å². The van der Waals surface area contributed by atoms with Crippen LogP contribution < -0.4 is 16.6 Å². The van der Waals surface area contributed by atoms with Gasteiger partial charge < -0.3 is 10.7 Å². The molecule has 0 aliphatic rings. The number of carbonyl (C=O) groups excluding carboxylic acids is 1. The summed E-state index contributed by atoms with van der Waals surface area (Å²) in [4.78, 5) is 16.1. The lowest BCUT2D eigenvalue weighted by Gasteiger charge is -2.11. The fraction of sp³-hybridized carbons (Fsp3) is 0.0769. The van der Waals surface area contributed by atoms with Gasteiger partial charge in [0.25, 0.3) is 5.91 Å². The third-order valence-corrected chi connectivity index (χ3v) is 3.50. The van der Waals surface area contributed by atoms with Gasteiger partial charge >= 0.3 is 0 Å². The molecule has 0 bridgehead atoms. The summed E-state index contributed by atoms with van der Waals surface area (Å²) in [5.41, 5.74) is 3.97. The molecule has 5 nitrogen and oxygen atoms in total. The van der Waals surface area contributed by atoms with Gasteiger partial charge in [-0.15, -0.1) is 0 Å². The topological polar surface area (TPSA) is 80.0 Å². The number of aromatic nitrogens is 1. The molecule has 0 aliphatic heterocycles. The van der Waals surface area contributed by atoms with E-state index < -0.39 is 0 Å². The SMILES string of the molecule is Cc1ccc(Cl)c(NC(=O)c2ccc(NN)nc2)c1Cl. The van der Waals surface area contributed by atoms with Crippen LogP contribution in [-0.2, 0) is 0 Å². The molecule has 0 saturated heterocycles. The van der Waals surface area contributed by atoms with E-state index in [4.69, 9.17) is 29.0 Å². The summed E-state index contributed by atoms with van der Waals surface area (Å²) in [6.45, 7) is 1.83. The van der Waals surface area contributed by atoms with Crippen molar-refractivity contribution in [1.29, 1.82) is 0 Å². The van der Waals surface area contributed by atoms with Gasteiger partial charge in [0.2, 0.25) is 0 Å². The van der Waals surface area contributed by atoms with Gasteiger partial charge in [-0.2, -0.15) is 0 Å². The summed E-state index contributed by atoms with van der Waals surface area (Å²) >= 11 is 12.2. The lowest BCUT2D eigenvalue weighted by atomic mass is 10.2. The lowest BCUT2D eigenvalue weighted by molar-refractivity contribution is 0.102. The number of nitrogens with two attached hydrogens (primary N) is 1. The molecule has 2 rings (SSSR count). The Bertz CT molecular complexity index is 644. The smallest absolute Gasteiger partial charge is 0.257 e. The maximum atomic E-state index is 12.1. The molecule has 4 N–H and O–H groups in total. The number of pyridine rings is 1. The van der Waals surface area contributed by atoms with E-state index >= 15 is 0 Å². The molecule has 0 unspecified atom stereocenters. The van der Waals surface area contributed by atoms with Crippen LogP contribution in [0.3, 0.4) is 0 Å². The summed E-state index contributed by atoms with van der Waals surface area (Å²) in [7, 11) is 0. The molecule has 0 saturated carbocycles. The van der Waals surface area contributed by atoms with Crippen LogP contribution in [0, 0.1) is 6.92 Å². The molecule has 1 amide bonds. The van der Waals surface area contributed by atoms with Crippen molar-refractivity contribution < 1.29 is 4.79 Å². The number of nitrogens with one attached hydrogen (secondary N) is 2. The van der Waals surface area contributed by atoms with Crippen LogP contribution in [0.15, 0.2) is 30.5 Å². The average Bonchev–Trinajstić information content (AvgIpc) is 2.47. The zero-order valence-corrected chi connectivity index (χ0v) is 12.1. The van der Waals surface area contributed by atoms with Gasteiger partial charge in [0.05, 0.1) is 21.3 Å². The predicted molar refractivity (Wildman–Crippen MR) is 81.2 cm³/mol. The van der Waals surface area contributed by atoms with E-state index in [0.717, 1.165) is 5.56 Å². The summed E-state index contributed by atoms with van der Waals surface area (Å²) in [5.74, 6) is 5.32. The van der Waals surface area contributed by atoms with Crippen LogP contribution in [-0.4, -0.2) is 10.9 Å². The van der Waals surface area contributed by atoms with E-state index in [9.17, 15) is 4.79 Å². The van der Waals surface area contributed by atoms with E-state index in [1.54, 1.807) is 24.3 Å². The highest BCUT2D eigenvalue weighted by molar-refractivity contribution is 6.40. The van der Waals surface area contributed by atoms with Crippen molar-refractivity contribution in [2.45, 2.75) is 6.92 Å². The van der Waals surface area contributed by atoms with Crippen molar-refractivity contribution in [2.75, 3.05) is 10.7 Å². The van der Waals surface area contributed by atoms with Crippen LogP contribution in [0.5, 0.6) is 0 Å². The average molecular weight is 311 g/mol. The minimum Gasteiger partial charge on any atom is -0.319 e. The van der Waals surface area contributed by atoms with E-state index in [-0.39, 0.29) is 5.91 Å². The molecule has 20 heavy (non-hydrogen) atoms. The quantitative estimate of drug-likeness (QED) is 0.600. The number of hydrogen-bond acceptors (Lipinski definition) is 4. The number of rotatable bonds is 3. The number of nitrogens with zero attached hydrogens (tertiary/aromatic N) is 1. The Balaban J connectivity index is 2.25. The van der Waals surface area contributed by atoms with Crippen LogP contribution in [0.1, 0.15) is 15.9 Å². The summed E-state index contributed by atoms with van der Waals surface area (Å²) in [6.07, 6.45) is 1.40. The molecule has 2 aromatic rings. The highest BCUT2D eigenvalue weighted by atomic mass is 35.5. The van der Waals surface area contributed by atoms with Crippen molar-refractivity contribution >= 4 is 40.6 Å². The molecule has 0 aliphatic carbocycles. The van der Waals surface area contributed by atoms with Crippen molar-refractivity contribution in [1.82, 2.24) is 4.98 Å². The number of hydrazine groups is 1. The van der Waals surface area contributed by atoms with Gasteiger partial charge in [0.1, 0.15) is 5.82 Å². The zero-order valence-electron chi connectivity index (χ0n) is 10.6. The molecule has 0 radical (unpaired) electrons. The van der Waals surface area contributed by atoms with E-state index in [0.29, 0.717) is 27.1 Å². The molecule has 7 heteroatoms. The number of aryl methyl sites for hydroxylation is 1. The molecular weight excluding hydrogens is 299 g/mol. The van der Waals surface area contributed by atoms with Crippen molar-refractivity contribution in [3.05, 3.63) is 51.6 Å². The highest BCUT2D eigenvalue weighted by Gasteiger charge is 2.13. The molecule has 0 atom stereocenters. The first kappa shape index (κ1) is 14.6. The largest absolute Gasteiger partial charge is 0.319 e. The summed E-state index contributed by atoms with van der Waals surface area (Å²) in [5, 5.41) is 3.47. The van der Waals surface area contributed by atoms with Crippen molar-refractivity contribution in [2.24, 2.45) is 5.84 Å². The number of benzene rings is 1. The fourth-order valence-electron chi connectivity index (χ4n) is 1.57. The molecular formula is C13H12Cl2N4O. The second kappa shape index (κ2) is 6.09. The summed E-state index contributed by atoms with van der Waals surface area (Å²) < 4.78 is 0. The van der Waals surface area contributed by atoms with Gasteiger partial charge in [-0.25, -0.2) is 10.8 Å². The van der Waals surface area contributed by atoms with Gasteiger partial charge in [0, 0.05) is 6.20 Å². The van der Waals surface area contributed by atoms with Crippen LogP contribution in [0.25, 0.3) is 0 Å². The fourth-order valence-corrected chi connectivity index (χ4v) is 2.04. The number of halogens is 2. The van der Waals surface area contributed by atoms with Crippen molar-refractivity contribution in [3.63, 3.8) is 0 Å². The maximum absolute atomic E-state index is 12.1. The zero-order chi connectivity index (χ0) is 14.7. The summed E-state index contributed by atoms with van der Waals surface area (Å²) in [6, 6.07) is 6.64. The van der Waals surface area contributed by atoms with Gasteiger partial charge in [-0.05, 0) is 30.7 Å². The number of hydrogen-bond donors (Lipinski definition) is 3. The standard InChI is InChI=1S/C13H12Cl2N4O/c1-7-2-4-9(14)12(11(7)15)18-13(20)8-3-5-10(19-16)17-6-8/h2-6H,16H2,1H3,(H,17,19)(H,18,20). The minimum atomic E-state index is -0.351. The first-order valence-corrected chi connectivity index (χ1v) is 6.47. The number of amides is 1. The lowest BCUT2D eigenvalue weighted by Crippen LogP contribution is -2.14. The Morgan fingerprint density at radius 3 is 2.60 bits per heavy atom. The third-order valence-electron chi connectivity index (χ3n) is 2.70. The van der Waals surface area contributed by atoms with Crippen LogP contribution in [0.2, 0.25) is 10.0 Å². The Labute approximate surface area is 126 Å². The van der Waals surface area contributed by atoms with Crippen molar-refractivity contribution in [3.8, 4) is 0 Å². The van der Waals surface area contributed by atoms with Gasteiger partial charge in [0.15, 0.2) is 0 Å². The van der Waals surface area contributed by atoms with E-state index in [1.165, 1.54) is 6.20 Å². The molecule has 0 spiro atoms. The Hall–Kier alpha value is -1.82. The van der Waals surface area contributed by atoms with Gasteiger partial charge in [-0.3, -0.25) is 4.79 Å². The Morgan fingerprint density at radius 2 is 2.00 bits per heavy atom. The predicted octanol–water partition coefficient (Wildman–Crippen LogP) is 3.23. The first-order valence-electron chi connectivity index (χ1n) is 5.71. The number of anilines is 2. The third kappa shape index (κ3) is 3.01. The molecule has 0 fully saturated rings. The normalized spacial score (nSPS) is 10.2. The first-order chi connectivity index (χ1) is 9.52. The van der Waals surface area contributed by atoms with E-state index in [1.807, 2.05) is 6.92 Å². The Kier molecular flexibility index (Phi) is 4.44. The Morgan fingerprint density at radius 1 is 1.25 bits per heavy atom. The molecule has 1 aromatic carbocycles. The highest BCUT2D eigenvalue weighted by Crippen LogP contribution is 2.33. The molecule has 1 heterocycles. The van der Waals surface area contributed by atoms with Crippen LogP contribution >= 0.6 is 23.2 Å². The second-order valence-corrected chi connectivity index (χ2v) is 4.87. The minimum absolute atomic E-state index is 0.351.